The molecule has 2 rings (SSSR count). The molecule has 0 spiro atoms. The molecule has 1 aliphatic heterocycles. The zero-order valence-electron chi connectivity index (χ0n) is 9.63. The van der Waals surface area contributed by atoms with Gasteiger partial charge in [0.2, 0.25) is 5.91 Å². The SMILES string of the molecule is Cc1cccc(N2C[C@H](/C(N)=N\O)CC2=O)c1. The number of nitrogens with two attached hydrogens (primary N) is 1. The molecule has 0 unspecified atom stereocenters. The Labute approximate surface area is 99.5 Å². The molecule has 1 atom stereocenters. The lowest BCUT2D eigenvalue weighted by Crippen LogP contribution is -2.28. The normalized spacial score (nSPS) is 21.0. The second-order valence-electron chi connectivity index (χ2n) is 4.27. The van der Waals surface area contributed by atoms with Crippen molar-refractivity contribution in [3.63, 3.8) is 0 Å². The molecule has 1 aliphatic rings. The van der Waals surface area contributed by atoms with Crippen molar-refractivity contribution >= 4 is 17.4 Å². The largest absolute Gasteiger partial charge is 0.409 e. The number of amidine groups is 1. The first-order valence-electron chi connectivity index (χ1n) is 5.46. The number of hydrogen-bond acceptors (Lipinski definition) is 3. The summed E-state index contributed by atoms with van der Waals surface area (Å²) in [4.78, 5) is 13.5. The highest BCUT2D eigenvalue weighted by Crippen LogP contribution is 2.25. The highest BCUT2D eigenvalue weighted by Gasteiger charge is 2.33. The standard InChI is InChI=1S/C12H15N3O2/c1-8-3-2-4-10(5-8)15-7-9(6-11(15)16)12(13)14-17/h2-5,9,17H,6-7H2,1H3,(H2,13,14)/t9-/m1/s1. The number of amides is 1. The van der Waals surface area contributed by atoms with Gasteiger partial charge in [-0.15, -0.1) is 0 Å². The van der Waals surface area contributed by atoms with Crippen LogP contribution < -0.4 is 10.6 Å². The molecule has 1 aromatic carbocycles. The third-order valence-electron chi connectivity index (χ3n) is 2.97. The minimum atomic E-state index is -0.201. The quantitative estimate of drug-likeness (QED) is 0.347. The lowest BCUT2D eigenvalue weighted by Gasteiger charge is -2.16. The lowest BCUT2D eigenvalue weighted by molar-refractivity contribution is -0.117. The zero-order valence-corrected chi connectivity index (χ0v) is 9.63. The first-order chi connectivity index (χ1) is 8.11. The minimum absolute atomic E-state index is 0.00667. The molecule has 1 saturated heterocycles. The van der Waals surface area contributed by atoms with Crippen molar-refractivity contribution in [3.05, 3.63) is 29.8 Å². The molecule has 5 heteroatoms. The molecule has 0 aromatic heterocycles. The molecule has 1 amide bonds. The fraction of sp³-hybridized carbons (Fsp3) is 0.333. The Bertz CT molecular complexity index is 471. The van der Waals surface area contributed by atoms with E-state index in [-0.39, 0.29) is 17.7 Å². The van der Waals surface area contributed by atoms with Crippen LogP contribution in [-0.4, -0.2) is 23.5 Å². The number of carbonyl (C=O) groups is 1. The molecular formula is C12H15N3O2. The van der Waals surface area contributed by atoms with E-state index >= 15 is 0 Å². The molecule has 0 saturated carbocycles. The van der Waals surface area contributed by atoms with Gasteiger partial charge in [0.15, 0.2) is 0 Å². The van der Waals surface area contributed by atoms with E-state index in [0.717, 1.165) is 11.3 Å². The summed E-state index contributed by atoms with van der Waals surface area (Å²) in [6.45, 7) is 2.45. The van der Waals surface area contributed by atoms with Crippen LogP contribution in [0.2, 0.25) is 0 Å². The third-order valence-corrected chi connectivity index (χ3v) is 2.97. The number of nitrogens with zero attached hydrogens (tertiary/aromatic N) is 2. The van der Waals surface area contributed by atoms with Gasteiger partial charge in [0.1, 0.15) is 5.84 Å². The smallest absolute Gasteiger partial charge is 0.227 e. The Morgan fingerprint density at radius 3 is 3.00 bits per heavy atom. The second kappa shape index (κ2) is 4.45. The van der Waals surface area contributed by atoms with E-state index in [9.17, 15) is 4.79 Å². The van der Waals surface area contributed by atoms with Crippen LogP contribution in [0.15, 0.2) is 29.4 Å². The van der Waals surface area contributed by atoms with Gasteiger partial charge < -0.3 is 15.8 Å². The highest BCUT2D eigenvalue weighted by molar-refractivity contribution is 6.01. The van der Waals surface area contributed by atoms with Crippen LogP contribution in [0.5, 0.6) is 0 Å². The van der Waals surface area contributed by atoms with Crippen molar-refractivity contribution in [1.29, 1.82) is 0 Å². The Balaban J connectivity index is 2.21. The fourth-order valence-electron chi connectivity index (χ4n) is 2.03. The van der Waals surface area contributed by atoms with Gasteiger partial charge >= 0.3 is 0 Å². The zero-order chi connectivity index (χ0) is 12.4. The third kappa shape index (κ3) is 2.22. The molecule has 1 fully saturated rings. The number of benzene rings is 1. The van der Waals surface area contributed by atoms with Crippen molar-refractivity contribution in [2.45, 2.75) is 13.3 Å². The second-order valence-corrected chi connectivity index (χ2v) is 4.27. The van der Waals surface area contributed by atoms with Crippen LogP contribution in [-0.2, 0) is 4.79 Å². The van der Waals surface area contributed by atoms with Crippen molar-refractivity contribution in [1.82, 2.24) is 0 Å². The molecule has 0 bridgehead atoms. The van der Waals surface area contributed by atoms with E-state index < -0.39 is 0 Å². The summed E-state index contributed by atoms with van der Waals surface area (Å²) >= 11 is 0. The molecule has 1 heterocycles. The van der Waals surface area contributed by atoms with Crippen LogP contribution in [0, 0.1) is 12.8 Å². The summed E-state index contributed by atoms with van der Waals surface area (Å²) < 4.78 is 0. The van der Waals surface area contributed by atoms with Gasteiger partial charge in [0.25, 0.3) is 0 Å². The Morgan fingerprint density at radius 2 is 2.35 bits per heavy atom. The van der Waals surface area contributed by atoms with Gasteiger partial charge in [-0.2, -0.15) is 0 Å². The molecule has 0 radical (unpaired) electrons. The van der Waals surface area contributed by atoms with Gasteiger partial charge in [-0.1, -0.05) is 17.3 Å². The van der Waals surface area contributed by atoms with E-state index in [4.69, 9.17) is 10.9 Å². The maximum Gasteiger partial charge on any atom is 0.227 e. The van der Waals surface area contributed by atoms with E-state index in [1.165, 1.54) is 0 Å². The molecule has 17 heavy (non-hydrogen) atoms. The summed E-state index contributed by atoms with van der Waals surface area (Å²) in [5.74, 6) is -0.0753. The monoisotopic (exact) mass is 233 g/mol. The molecule has 0 aliphatic carbocycles. The summed E-state index contributed by atoms with van der Waals surface area (Å²) in [6.07, 6.45) is 0.295. The summed E-state index contributed by atoms with van der Waals surface area (Å²) in [6, 6.07) is 7.73. The maximum absolute atomic E-state index is 11.9. The number of aryl methyl sites for hydroxylation is 1. The minimum Gasteiger partial charge on any atom is -0.409 e. The number of hydrogen-bond donors (Lipinski definition) is 2. The van der Waals surface area contributed by atoms with E-state index in [0.29, 0.717) is 13.0 Å². The number of anilines is 1. The Kier molecular flexibility index (Phi) is 2.99. The predicted molar refractivity (Wildman–Crippen MR) is 65.0 cm³/mol. The molecule has 3 N–H and O–H groups in total. The highest BCUT2D eigenvalue weighted by atomic mass is 16.4. The van der Waals surface area contributed by atoms with Crippen molar-refractivity contribution in [3.8, 4) is 0 Å². The van der Waals surface area contributed by atoms with E-state index in [1.54, 1.807) is 4.90 Å². The molecule has 1 aromatic rings. The van der Waals surface area contributed by atoms with Crippen LogP contribution in [0.3, 0.4) is 0 Å². The topological polar surface area (TPSA) is 78.9 Å². The number of rotatable bonds is 2. The average Bonchev–Trinajstić information content (AvgIpc) is 2.70. The van der Waals surface area contributed by atoms with Crippen molar-refractivity contribution < 1.29 is 10.0 Å². The van der Waals surface area contributed by atoms with Gasteiger partial charge in [0.05, 0.1) is 0 Å². The number of carbonyl (C=O) groups excluding carboxylic acids is 1. The summed E-state index contributed by atoms with van der Waals surface area (Å²) in [5, 5.41) is 11.6. The van der Waals surface area contributed by atoms with E-state index in [1.807, 2.05) is 31.2 Å². The summed E-state index contributed by atoms with van der Waals surface area (Å²) in [5.41, 5.74) is 7.50. The van der Waals surface area contributed by atoms with E-state index in [2.05, 4.69) is 5.16 Å². The Morgan fingerprint density at radius 1 is 1.59 bits per heavy atom. The predicted octanol–water partition coefficient (Wildman–Crippen LogP) is 1.09. The van der Waals surface area contributed by atoms with Gasteiger partial charge in [-0.25, -0.2) is 0 Å². The van der Waals surface area contributed by atoms with Crippen LogP contribution in [0.1, 0.15) is 12.0 Å². The average molecular weight is 233 g/mol. The van der Waals surface area contributed by atoms with Crippen LogP contribution in [0.4, 0.5) is 5.69 Å². The number of oxime groups is 1. The first-order valence-corrected chi connectivity index (χ1v) is 5.46. The molecule has 90 valence electrons. The van der Waals surface area contributed by atoms with Crippen LogP contribution >= 0.6 is 0 Å². The maximum atomic E-state index is 11.9. The van der Waals surface area contributed by atoms with Crippen molar-refractivity contribution in [2.75, 3.05) is 11.4 Å². The van der Waals surface area contributed by atoms with Gasteiger partial charge in [-0.05, 0) is 24.6 Å². The summed E-state index contributed by atoms with van der Waals surface area (Å²) in [7, 11) is 0. The lowest BCUT2D eigenvalue weighted by atomic mass is 10.1. The first kappa shape index (κ1) is 11.4. The fourth-order valence-corrected chi connectivity index (χ4v) is 2.03. The molecule has 5 nitrogen and oxygen atoms in total. The Hall–Kier alpha value is -2.04. The molecular weight excluding hydrogens is 218 g/mol. The van der Waals surface area contributed by atoms with Gasteiger partial charge in [0, 0.05) is 24.6 Å². The van der Waals surface area contributed by atoms with Crippen molar-refractivity contribution in [2.24, 2.45) is 16.8 Å². The van der Waals surface area contributed by atoms with Gasteiger partial charge in [-0.3, -0.25) is 4.79 Å². The van der Waals surface area contributed by atoms with Crippen LogP contribution in [0.25, 0.3) is 0 Å².